The van der Waals surface area contributed by atoms with Crippen LogP contribution in [0, 0.1) is 0 Å². The van der Waals surface area contributed by atoms with Gasteiger partial charge in [-0.2, -0.15) is 0 Å². The summed E-state index contributed by atoms with van der Waals surface area (Å²) in [6.07, 6.45) is 2.87. The van der Waals surface area contributed by atoms with Gasteiger partial charge in [-0.25, -0.2) is 4.79 Å². The molecule has 4 nitrogen and oxygen atoms in total. The van der Waals surface area contributed by atoms with Crippen LogP contribution in [0.4, 0.5) is 0 Å². The van der Waals surface area contributed by atoms with Gasteiger partial charge in [0.2, 0.25) is 0 Å². The lowest BCUT2D eigenvalue weighted by Crippen LogP contribution is -2.50. The molecule has 100 valence electrons. The van der Waals surface area contributed by atoms with Crippen LogP contribution in [0.25, 0.3) is 0 Å². The fourth-order valence-electron chi connectivity index (χ4n) is 1.22. The van der Waals surface area contributed by atoms with Gasteiger partial charge >= 0.3 is 14.8 Å². The minimum atomic E-state index is -2.92. The SMILES string of the molecule is C=CC(=O)O[Si](OCCC)(OCCC)C(C)C. The zero-order valence-corrected chi connectivity index (χ0v) is 12.3. The van der Waals surface area contributed by atoms with Crippen molar-refractivity contribution in [3.63, 3.8) is 0 Å². The van der Waals surface area contributed by atoms with E-state index in [-0.39, 0.29) is 5.54 Å². The van der Waals surface area contributed by atoms with E-state index < -0.39 is 14.8 Å². The van der Waals surface area contributed by atoms with Crippen molar-refractivity contribution in [1.82, 2.24) is 0 Å². The molecule has 0 heterocycles. The average Bonchev–Trinajstić information content (AvgIpc) is 2.32. The standard InChI is InChI=1S/C12H24O4Si/c1-6-9-14-17(11(4)5,15-10-7-2)16-12(13)8-3/h8,11H,3,6-7,9-10H2,1-2,4-5H3. The molecule has 0 rings (SSSR count). The molecule has 0 saturated carbocycles. The Kier molecular flexibility index (Phi) is 8.12. The van der Waals surface area contributed by atoms with E-state index in [2.05, 4.69) is 6.58 Å². The van der Waals surface area contributed by atoms with Crippen molar-refractivity contribution in [2.75, 3.05) is 13.2 Å². The van der Waals surface area contributed by atoms with Crippen LogP contribution in [-0.2, 0) is 18.1 Å². The number of hydrogen-bond donors (Lipinski definition) is 0. The summed E-state index contributed by atoms with van der Waals surface area (Å²) in [4.78, 5) is 11.4. The van der Waals surface area contributed by atoms with Gasteiger partial charge in [0.1, 0.15) is 0 Å². The van der Waals surface area contributed by atoms with Gasteiger partial charge in [-0.3, -0.25) is 0 Å². The maximum absolute atomic E-state index is 11.4. The lowest BCUT2D eigenvalue weighted by atomic mass is 10.5. The van der Waals surface area contributed by atoms with Crippen LogP contribution in [0.15, 0.2) is 12.7 Å². The summed E-state index contributed by atoms with van der Waals surface area (Å²) >= 11 is 0. The van der Waals surface area contributed by atoms with Gasteiger partial charge in [-0.15, -0.1) is 0 Å². The smallest absolute Gasteiger partial charge is 0.470 e. The maximum Gasteiger partial charge on any atom is 0.570 e. The predicted molar refractivity (Wildman–Crippen MR) is 69.6 cm³/mol. The summed E-state index contributed by atoms with van der Waals surface area (Å²) in [6.45, 7) is 12.4. The first-order valence-electron chi connectivity index (χ1n) is 6.15. The number of carbonyl (C=O) groups excluding carboxylic acids is 1. The van der Waals surface area contributed by atoms with E-state index in [1.54, 1.807) is 0 Å². The van der Waals surface area contributed by atoms with Crippen molar-refractivity contribution in [3.05, 3.63) is 12.7 Å². The fraction of sp³-hybridized carbons (Fsp3) is 0.750. The van der Waals surface area contributed by atoms with Gasteiger partial charge < -0.3 is 13.3 Å². The van der Waals surface area contributed by atoms with Crippen molar-refractivity contribution >= 4 is 14.8 Å². The molecule has 0 atom stereocenters. The topological polar surface area (TPSA) is 44.8 Å². The lowest BCUT2D eigenvalue weighted by Gasteiger charge is -2.31. The fourth-order valence-corrected chi connectivity index (χ4v) is 3.67. The summed E-state index contributed by atoms with van der Waals surface area (Å²) in [5.41, 5.74) is 0.0458. The molecule has 0 aliphatic rings. The minimum absolute atomic E-state index is 0.0458. The van der Waals surface area contributed by atoms with Crippen molar-refractivity contribution < 1.29 is 18.1 Å². The van der Waals surface area contributed by atoms with Gasteiger partial charge in [0.25, 0.3) is 0 Å². The zero-order valence-electron chi connectivity index (χ0n) is 11.3. The van der Waals surface area contributed by atoms with Crippen LogP contribution in [0.2, 0.25) is 5.54 Å². The Morgan fingerprint density at radius 3 is 2.00 bits per heavy atom. The molecule has 0 amide bonds. The summed E-state index contributed by atoms with van der Waals surface area (Å²) < 4.78 is 16.9. The van der Waals surface area contributed by atoms with Gasteiger partial charge in [0.05, 0.1) is 0 Å². The van der Waals surface area contributed by atoms with E-state index in [9.17, 15) is 4.79 Å². The third-order valence-electron chi connectivity index (χ3n) is 2.13. The Bertz CT molecular complexity index is 233. The zero-order chi connectivity index (χ0) is 13.3. The summed E-state index contributed by atoms with van der Waals surface area (Å²) in [5.74, 6) is -0.474. The van der Waals surface area contributed by atoms with E-state index in [0.29, 0.717) is 13.2 Å². The van der Waals surface area contributed by atoms with Gasteiger partial charge in [-0.05, 0) is 12.8 Å². The molecule has 0 fully saturated rings. The molecule has 0 spiro atoms. The molecule has 0 aromatic rings. The minimum Gasteiger partial charge on any atom is -0.470 e. The molecule has 0 N–H and O–H groups in total. The lowest BCUT2D eigenvalue weighted by molar-refractivity contribution is -0.134. The molecule has 5 heteroatoms. The predicted octanol–water partition coefficient (Wildman–Crippen LogP) is 2.92. The quantitative estimate of drug-likeness (QED) is 0.472. The normalized spacial score (nSPS) is 11.6. The summed E-state index contributed by atoms with van der Waals surface area (Å²) in [7, 11) is -2.92. The Morgan fingerprint density at radius 1 is 1.24 bits per heavy atom. The molecule has 0 radical (unpaired) electrons. The van der Waals surface area contributed by atoms with E-state index in [0.717, 1.165) is 18.9 Å². The highest BCUT2D eigenvalue weighted by molar-refractivity contribution is 6.64. The molecule has 0 aromatic heterocycles. The second kappa shape index (κ2) is 8.44. The highest BCUT2D eigenvalue weighted by Gasteiger charge is 2.48. The highest BCUT2D eigenvalue weighted by Crippen LogP contribution is 2.25. The molecule has 17 heavy (non-hydrogen) atoms. The van der Waals surface area contributed by atoms with Crippen LogP contribution in [-0.4, -0.2) is 28.0 Å². The first-order valence-corrected chi connectivity index (χ1v) is 7.95. The molecule has 0 aromatic carbocycles. The molecule has 0 saturated heterocycles. The van der Waals surface area contributed by atoms with E-state index >= 15 is 0 Å². The Hall–Kier alpha value is -0.653. The average molecular weight is 260 g/mol. The molecule has 0 aliphatic heterocycles. The Balaban J connectivity index is 4.79. The van der Waals surface area contributed by atoms with Gasteiger partial charge in [-0.1, -0.05) is 34.3 Å². The Labute approximate surface area is 105 Å². The van der Waals surface area contributed by atoms with Crippen molar-refractivity contribution in [1.29, 1.82) is 0 Å². The largest absolute Gasteiger partial charge is 0.570 e. The second-order valence-electron chi connectivity index (χ2n) is 4.08. The second-order valence-corrected chi connectivity index (χ2v) is 7.22. The molecule has 0 aliphatic carbocycles. The van der Waals surface area contributed by atoms with Crippen molar-refractivity contribution in [2.24, 2.45) is 0 Å². The van der Waals surface area contributed by atoms with Crippen LogP contribution in [0.3, 0.4) is 0 Å². The number of carbonyl (C=O) groups is 1. The van der Waals surface area contributed by atoms with E-state index in [1.807, 2.05) is 27.7 Å². The molecular formula is C12H24O4Si. The first-order chi connectivity index (χ1) is 8.02. The number of hydrogen-bond acceptors (Lipinski definition) is 4. The monoisotopic (exact) mass is 260 g/mol. The maximum atomic E-state index is 11.4. The van der Waals surface area contributed by atoms with Crippen LogP contribution < -0.4 is 0 Å². The van der Waals surface area contributed by atoms with Crippen molar-refractivity contribution in [3.8, 4) is 0 Å². The van der Waals surface area contributed by atoms with Crippen LogP contribution in [0.1, 0.15) is 40.5 Å². The summed E-state index contributed by atoms with van der Waals surface area (Å²) in [6, 6.07) is 0. The first kappa shape index (κ1) is 16.3. The van der Waals surface area contributed by atoms with E-state index in [1.165, 1.54) is 0 Å². The Morgan fingerprint density at radius 2 is 1.71 bits per heavy atom. The van der Waals surface area contributed by atoms with Crippen LogP contribution >= 0.6 is 0 Å². The summed E-state index contributed by atoms with van der Waals surface area (Å²) in [5, 5.41) is 0. The van der Waals surface area contributed by atoms with E-state index in [4.69, 9.17) is 13.3 Å². The highest BCUT2D eigenvalue weighted by atomic mass is 28.4. The number of rotatable bonds is 9. The van der Waals surface area contributed by atoms with Gasteiger partial charge in [0.15, 0.2) is 0 Å². The molecule has 0 bridgehead atoms. The van der Waals surface area contributed by atoms with Crippen LogP contribution in [0.5, 0.6) is 0 Å². The van der Waals surface area contributed by atoms with Gasteiger partial charge in [0, 0.05) is 24.8 Å². The third-order valence-corrected chi connectivity index (χ3v) is 5.24. The third kappa shape index (κ3) is 5.47. The molecule has 0 unspecified atom stereocenters. The van der Waals surface area contributed by atoms with Crippen molar-refractivity contribution in [2.45, 2.75) is 46.1 Å². The molecular weight excluding hydrogens is 236 g/mol.